The summed E-state index contributed by atoms with van der Waals surface area (Å²) >= 11 is 0. The molecule has 146 valence electrons. The van der Waals surface area contributed by atoms with Gasteiger partial charge in [-0.3, -0.25) is 20.2 Å². The van der Waals surface area contributed by atoms with E-state index >= 15 is 0 Å². The minimum Gasteiger partial charge on any atom is -0.493 e. The lowest BCUT2D eigenvalue weighted by Crippen LogP contribution is -2.27. The van der Waals surface area contributed by atoms with Crippen molar-refractivity contribution in [1.82, 2.24) is 5.43 Å². The number of anilines is 1. The molecule has 0 unspecified atom stereocenters. The Morgan fingerprint density at radius 2 is 1.82 bits per heavy atom. The average Bonchev–Trinajstić information content (AvgIpc) is 3.01. The largest absolute Gasteiger partial charge is 0.493 e. The predicted molar refractivity (Wildman–Crippen MR) is 94.2 cm³/mol. The molecule has 0 aliphatic carbocycles. The Kier molecular flexibility index (Phi) is 4.96. The number of nitro groups is 2. The molecule has 2 aromatic carbocycles. The number of benzene rings is 2. The summed E-state index contributed by atoms with van der Waals surface area (Å²) in [6.45, 7) is 0. The fourth-order valence-corrected chi connectivity index (χ4v) is 2.74. The van der Waals surface area contributed by atoms with Crippen molar-refractivity contribution in [2.75, 3.05) is 19.6 Å². The molecular formula is C16H14N4O8. The van der Waals surface area contributed by atoms with Gasteiger partial charge in [-0.15, -0.1) is 0 Å². The zero-order valence-electron chi connectivity index (χ0n) is 14.6. The van der Waals surface area contributed by atoms with Gasteiger partial charge in [0.1, 0.15) is 11.3 Å². The van der Waals surface area contributed by atoms with Gasteiger partial charge in [0.25, 0.3) is 5.69 Å². The van der Waals surface area contributed by atoms with Crippen LogP contribution in [0.5, 0.6) is 11.5 Å². The minimum absolute atomic E-state index is 0.0411. The van der Waals surface area contributed by atoms with Gasteiger partial charge in [-0.2, -0.15) is 5.43 Å². The Balaban J connectivity index is 1.87. The molecule has 12 heteroatoms. The number of carbonyl (C=O) groups excluding carboxylic acids is 1. The van der Waals surface area contributed by atoms with E-state index < -0.39 is 33.4 Å². The van der Waals surface area contributed by atoms with Crippen molar-refractivity contribution in [3.63, 3.8) is 0 Å². The summed E-state index contributed by atoms with van der Waals surface area (Å²) in [7, 11) is 2.81. The summed E-state index contributed by atoms with van der Waals surface area (Å²) in [6, 6.07) is 6.29. The number of fused-ring (bicyclic) bond motifs is 1. The zero-order chi connectivity index (χ0) is 20.4. The minimum atomic E-state index is -0.975. The first kappa shape index (κ1) is 18.8. The van der Waals surface area contributed by atoms with E-state index in [0.29, 0.717) is 11.3 Å². The van der Waals surface area contributed by atoms with Gasteiger partial charge in [0.2, 0.25) is 0 Å². The molecule has 0 bridgehead atoms. The molecule has 0 saturated carbocycles. The van der Waals surface area contributed by atoms with Crippen LogP contribution in [-0.4, -0.2) is 30.0 Å². The van der Waals surface area contributed by atoms with E-state index in [-0.39, 0.29) is 17.0 Å². The van der Waals surface area contributed by atoms with E-state index in [1.807, 2.05) is 0 Å². The molecule has 3 rings (SSSR count). The molecule has 0 fully saturated rings. The molecule has 1 atom stereocenters. The number of rotatable bonds is 7. The lowest BCUT2D eigenvalue weighted by atomic mass is 10.1. The number of hydrogen-bond acceptors (Lipinski definition) is 10. The van der Waals surface area contributed by atoms with Crippen molar-refractivity contribution in [2.45, 2.75) is 6.23 Å². The maximum absolute atomic E-state index is 12.2. The smallest absolute Gasteiger partial charge is 0.344 e. The molecule has 1 aliphatic heterocycles. The first-order chi connectivity index (χ1) is 13.4. The highest BCUT2D eigenvalue weighted by atomic mass is 16.6. The lowest BCUT2D eigenvalue weighted by molar-refractivity contribution is -0.393. The molecule has 2 N–H and O–H groups in total. The number of hydrogen-bond donors (Lipinski definition) is 2. The Hall–Kier alpha value is -3.93. The second kappa shape index (κ2) is 7.36. The van der Waals surface area contributed by atoms with Crippen molar-refractivity contribution < 1.29 is 28.9 Å². The third kappa shape index (κ3) is 3.23. The van der Waals surface area contributed by atoms with Crippen LogP contribution in [0, 0.1) is 20.2 Å². The highest BCUT2D eigenvalue weighted by Crippen LogP contribution is 2.41. The normalized spacial score (nSPS) is 14.8. The first-order valence-corrected chi connectivity index (χ1v) is 7.77. The number of nitrogens with zero attached hydrogens (tertiary/aromatic N) is 2. The number of hydrazine groups is 1. The van der Waals surface area contributed by atoms with Crippen molar-refractivity contribution in [3.8, 4) is 11.5 Å². The number of non-ortho nitro benzene ring substituents is 1. The number of ether oxygens (including phenoxy) is 3. The van der Waals surface area contributed by atoms with Crippen LogP contribution in [0.4, 0.5) is 17.1 Å². The second-order valence-electron chi connectivity index (χ2n) is 5.54. The van der Waals surface area contributed by atoms with E-state index in [1.54, 1.807) is 12.1 Å². The lowest BCUT2D eigenvalue weighted by Gasteiger charge is -2.15. The molecule has 0 saturated heterocycles. The monoisotopic (exact) mass is 390 g/mol. The van der Waals surface area contributed by atoms with Gasteiger partial charge in [-0.05, 0) is 18.2 Å². The molecule has 2 aromatic rings. The molecule has 1 heterocycles. The maximum Gasteiger partial charge on any atom is 0.344 e. The van der Waals surface area contributed by atoms with Gasteiger partial charge in [0.05, 0.1) is 30.1 Å². The predicted octanol–water partition coefficient (Wildman–Crippen LogP) is 2.31. The summed E-state index contributed by atoms with van der Waals surface area (Å²) in [5, 5.41) is 22.0. The average molecular weight is 390 g/mol. The second-order valence-corrected chi connectivity index (χ2v) is 5.54. The Labute approximate surface area is 157 Å². The van der Waals surface area contributed by atoms with Gasteiger partial charge in [-0.1, -0.05) is 0 Å². The van der Waals surface area contributed by atoms with Crippen LogP contribution in [0.2, 0.25) is 0 Å². The summed E-state index contributed by atoms with van der Waals surface area (Å²) in [5.41, 5.74) is 4.84. The number of esters is 1. The highest BCUT2D eigenvalue weighted by molar-refractivity contribution is 5.98. The number of carbonyl (C=O) groups is 1. The van der Waals surface area contributed by atoms with Crippen LogP contribution < -0.4 is 20.3 Å². The van der Waals surface area contributed by atoms with Gasteiger partial charge in [0.15, 0.2) is 17.7 Å². The molecule has 0 aromatic heterocycles. The van der Waals surface area contributed by atoms with E-state index in [1.165, 1.54) is 20.3 Å². The van der Waals surface area contributed by atoms with Crippen molar-refractivity contribution in [2.24, 2.45) is 0 Å². The Morgan fingerprint density at radius 3 is 2.43 bits per heavy atom. The maximum atomic E-state index is 12.2. The molecule has 0 amide bonds. The number of nitro benzene ring substituents is 2. The van der Waals surface area contributed by atoms with Crippen LogP contribution in [0.1, 0.15) is 22.1 Å². The standard InChI is InChI=1S/C16H14N4O8/c1-26-12-6-4-9-13(14(12)27-2)16(21)28-15(9)18-17-10-5-3-8(19(22)23)7-11(10)20(24)25/h3-7,15,17-18H,1-2H3/t15-/m0/s1. The third-order valence-electron chi connectivity index (χ3n) is 4.02. The summed E-state index contributed by atoms with van der Waals surface area (Å²) in [4.78, 5) is 32.7. The summed E-state index contributed by atoms with van der Waals surface area (Å²) < 4.78 is 15.6. The van der Waals surface area contributed by atoms with Crippen molar-refractivity contribution in [3.05, 3.63) is 61.7 Å². The highest BCUT2D eigenvalue weighted by Gasteiger charge is 2.36. The molecule has 12 nitrogen and oxygen atoms in total. The van der Waals surface area contributed by atoms with Gasteiger partial charge in [0, 0.05) is 11.6 Å². The molecule has 28 heavy (non-hydrogen) atoms. The van der Waals surface area contributed by atoms with Crippen LogP contribution in [0.3, 0.4) is 0 Å². The van der Waals surface area contributed by atoms with Gasteiger partial charge < -0.3 is 19.6 Å². The van der Waals surface area contributed by atoms with E-state index in [2.05, 4.69) is 10.9 Å². The topological polar surface area (TPSA) is 155 Å². The SMILES string of the molecule is COc1ccc2c(c1OC)C(=O)O[C@@H]2NNc1ccc([N+](=O)[O-])cc1[N+](=O)[O-]. The van der Waals surface area contributed by atoms with Gasteiger partial charge >= 0.3 is 11.7 Å². The Morgan fingerprint density at radius 1 is 1.07 bits per heavy atom. The molecule has 0 radical (unpaired) electrons. The summed E-state index contributed by atoms with van der Waals surface area (Å²) in [6.07, 6.45) is -0.975. The molecule has 1 aliphatic rings. The number of nitrogens with one attached hydrogen (secondary N) is 2. The van der Waals surface area contributed by atoms with Crippen LogP contribution >= 0.6 is 0 Å². The number of methoxy groups -OCH3 is 2. The van der Waals surface area contributed by atoms with Crippen LogP contribution in [0.15, 0.2) is 30.3 Å². The fourth-order valence-electron chi connectivity index (χ4n) is 2.74. The first-order valence-electron chi connectivity index (χ1n) is 7.77. The zero-order valence-corrected chi connectivity index (χ0v) is 14.6. The molecule has 0 spiro atoms. The van der Waals surface area contributed by atoms with E-state index in [4.69, 9.17) is 14.2 Å². The van der Waals surface area contributed by atoms with E-state index in [0.717, 1.165) is 12.1 Å². The van der Waals surface area contributed by atoms with Gasteiger partial charge in [-0.25, -0.2) is 4.79 Å². The third-order valence-corrected chi connectivity index (χ3v) is 4.02. The van der Waals surface area contributed by atoms with Crippen LogP contribution in [-0.2, 0) is 4.74 Å². The van der Waals surface area contributed by atoms with Crippen molar-refractivity contribution >= 4 is 23.0 Å². The van der Waals surface area contributed by atoms with Crippen LogP contribution in [0.25, 0.3) is 0 Å². The Bertz CT molecular complexity index is 977. The fraction of sp³-hybridized carbons (Fsp3) is 0.188. The quantitative estimate of drug-likeness (QED) is 0.408. The number of cyclic esters (lactones) is 1. The summed E-state index contributed by atoms with van der Waals surface area (Å²) in [5.74, 6) is -0.114. The van der Waals surface area contributed by atoms with E-state index in [9.17, 15) is 25.0 Å². The van der Waals surface area contributed by atoms with Crippen molar-refractivity contribution in [1.29, 1.82) is 0 Å². The molecular weight excluding hydrogens is 376 g/mol.